The van der Waals surface area contributed by atoms with Gasteiger partial charge in [0.05, 0.1) is 6.04 Å². The van der Waals surface area contributed by atoms with E-state index >= 15 is 0 Å². The van der Waals surface area contributed by atoms with Crippen molar-refractivity contribution in [2.75, 3.05) is 13.1 Å². The van der Waals surface area contributed by atoms with E-state index in [9.17, 15) is 4.79 Å². The second kappa shape index (κ2) is 5.56. The van der Waals surface area contributed by atoms with Crippen molar-refractivity contribution < 1.29 is 4.79 Å². The molecule has 2 heterocycles. The highest BCUT2D eigenvalue weighted by Gasteiger charge is 2.35. The van der Waals surface area contributed by atoms with Gasteiger partial charge in [-0.15, -0.1) is 0 Å². The first-order valence-electron chi connectivity index (χ1n) is 7.75. The van der Waals surface area contributed by atoms with E-state index in [1.165, 1.54) is 6.42 Å². The lowest BCUT2D eigenvalue weighted by Gasteiger charge is -2.26. The average Bonchev–Trinajstić information content (AvgIpc) is 3.14. The maximum atomic E-state index is 12.6. The summed E-state index contributed by atoms with van der Waals surface area (Å²) in [6.45, 7) is 6.20. The number of hydrogen-bond acceptors (Lipinski definition) is 3. The fourth-order valence-corrected chi connectivity index (χ4v) is 3.02. The number of piperidine rings is 1. The zero-order valence-electron chi connectivity index (χ0n) is 12.4. The number of amides is 1. The lowest BCUT2D eigenvalue weighted by molar-refractivity contribution is 0.0682. The molecule has 2 fully saturated rings. The van der Waals surface area contributed by atoms with E-state index in [1.807, 2.05) is 21.8 Å². The van der Waals surface area contributed by atoms with Crippen LogP contribution in [-0.4, -0.2) is 45.8 Å². The molecule has 0 radical (unpaired) electrons. The predicted molar refractivity (Wildman–Crippen MR) is 77.7 cm³/mol. The normalized spacial score (nSPS) is 23.1. The predicted octanol–water partition coefficient (Wildman–Crippen LogP) is 1.82. The summed E-state index contributed by atoms with van der Waals surface area (Å²) in [6, 6.07) is 2.94. The molecule has 1 unspecified atom stereocenters. The van der Waals surface area contributed by atoms with Gasteiger partial charge in [0, 0.05) is 24.8 Å². The van der Waals surface area contributed by atoms with Crippen LogP contribution < -0.4 is 5.32 Å². The number of hydrogen-bond donors (Lipinski definition) is 1. The molecule has 0 bridgehead atoms. The van der Waals surface area contributed by atoms with Crippen LogP contribution in [0.15, 0.2) is 12.3 Å². The molecule has 20 heavy (non-hydrogen) atoms. The SMILES string of the molecule is CC(C)N(C(=O)c1ccn(C2CCCNC2)n1)C1CC1. The summed E-state index contributed by atoms with van der Waals surface area (Å²) in [4.78, 5) is 14.6. The van der Waals surface area contributed by atoms with Gasteiger partial charge in [-0.05, 0) is 52.1 Å². The van der Waals surface area contributed by atoms with Crippen LogP contribution in [0.5, 0.6) is 0 Å². The Balaban J connectivity index is 1.73. The lowest BCUT2D eigenvalue weighted by Crippen LogP contribution is -2.39. The molecular weight excluding hydrogens is 252 g/mol. The Morgan fingerprint density at radius 2 is 2.25 bits per heavy atom. The van der Waals surface area contributed by atoms with Crippen molar-refractivity contribution in [3.05, 3.63) is 18.0 Å². The van der Waals surface area contributed by atoms with Gasteiger partial charge < -0.3 is 10.2 Å². The number of rotatable bonds is 4. The van der Waals surface area contributed by atoms with Gasteiger partial charge in [0.25, 0.3) is 5.91 Å². The minimum absolute atomic E-state index is 0.0880. The number of aromatic nitrogens is 2. The fraction of sp³-hybridized carbons (Fsp3) is 0.733. The first-order valence-corrected chi connectivity index (χ1v) is 7.75. The molecule has 1 aromatic rings. The highest BCUT2D eigenvalue weighted by atomic mass is 16.2. The van der Waals surface area contributed by atoms with Crippen LogP contribution in [0, 0.1) is 0 Å². The Morgan fingerprint density at radius 3 is 2.85 bits per heavy atom. The second-order valence-corrected chi connectivity index (χ2v) is 6.22. The first kappa shape index (κ1) is 13.6. The molecule has 5 nitrogen and oxygen atoms in total. The minimum Gasteiger partial charge on any atom is -0.332 e. The van der Waals surface area contributed by atoms with Gasteiger partial charge >= 0.3 is 0 Å². The van der Waals surface area contributed by atoms with Crippen molar-refractivity contribution in [2.24, 2.45) is 0 Å². The standard InChI is InChI=1S/C15H24N4O/c1-11(2)19(12-5-6-12)15(20)14-7-9-18(17-14)13-4-3-8-16-10-13/h7,9,11-13,16H,3-6,8,10H2,1-2H3. The third-order valence-corrected chi connectivity index (χ3v) is 4.20. The maximum Gasteiger partial charge on any atom is 0.274 e. The van der Waals surface area contributed by atoms with Crippen LogP contribution in [0.25, 0.3) is 0 Å². The Hall–Kier alpha value is -1.36. The van der Waals surface area contributed by atoms with Crippen LogP contribution in [-0.2, 0) is 0 Å². The Morgan fingerprint density at radius 1 is 1.45 bits per heavy atom. The quantitative estimate of drug-likeness (QED) is 0.912. The zero-order chi connectivity index (χ0) is 14.1. The summed E-state index contributed by atoms with van der Waals surface area (Å²) < 4.78 is 1.96. The van der Waals surface area contributed by atoms with Crippen LogP contribution in [0.3, 0.4) is 0 Å². The van der Waals surface area contributed by atoms with Crippen LogP contribution in [0.4, 0.5) is 0 Å². The molecule has 3 rings (SSSR count). The molecule has 1 aliphatic heterocycles. The summed E-state index contributed by atoms with van der Waals surface area (Å²) in [5, 5.41) is 7.92. The molecule has 0 aromatic carbocycles. The van der Waals surface area contributed by atoms with Gasteiger partial charge in [-0.3, -0.25) is 9.48 Å². The molecule has 110 valence electrons. The van der Waals surface area contributed by atoms with Crippen molar-refractivity contribution in [2.45, 2.75) is 57.7 Å². The van der Waals surface area contributed by atoms with E-state index in [0.717, 1.165) is 32.4 Å². The highest BCUT2D eigenvalue weighted by Crippen LogP contribution is 2.30. The molecule has 1 aromatic heterocycles. The Labute approximate surface area is 120 Å². The number of carbonyl (C=O) groups is 1. The lowest BCUT2D eigenvalue weighted by atomic mass is 10.1. The molecule has 2 aliphatic rings. The second-order valence-electron chi connectivity index (χ2n) is 6.22. The van der Waals surface area contributed by atoms with Crippen molar-refractivity contribution in [3.63, 3.8) is 0 Å². The van der Waals surface area contributed by atoms with Crippen molar-refractivity contribution >= 4 is 5.91 Å². The number of nitrogens with zero attached hydrogens (tertiary/aromatic N) is 3. The smallest absolute Gasteiger partial charge is 0.274 e. The van der Waals surface area contributed by atoms with E-state index in [-0.39, 0.29) is 11.9 Å². The average molecular weight is 276 g/mol. The molecule has 1 saturated heterocycles. The monoisotopic (exact) mass is 276 g/mol. The molecule has 1 N–H and O–H groups in total. The van der Waals surface area contributed by atoms with Gasteiger partial charge in [-0.25, -0.2) is 0 Å². The highest BCUT2D eigenvalue weighted by molar-refractivity contribution is 5.92. The number of carbonyl (C=O) groups excluding carboxylic acids is 1. The number of nitrogens with one attached hydrogen (secondary N) is 1. The molecular formula is C15H24N4O. The van der Waals surface area contributed by atoms with Crippen molar-refractivity contribution in [1.29, 1.82) is 0 Å². The van der Waals surface area contributed by atoms with Gasteiger partial charge in [0.2, 0.25) is 0 Å². The Kier molecular flexibility index (Phi) is 3.78. The Bertz CT molecular complexity index is 470. The molecule has 1 atom stereocenters. The largest absolute Gasteiger partial charge is 0.332 e. The van der Waals surface area contributed by atoms with Crippen molar-refractivity contribution in [3.8, 4) is 0 Å². The topological polar surface area (TPSA) is 50.2 Å². The van der Waals surface area contributed by atoms with E-state index in [4.69, 9.17) is 0 Å². The molecule has 1 saturated carbocycles. The molecule has 0 spiro atoms. The summed E-state index contributed by atoms with van der Waals surface area (Å²) in [5.41, 5.74) is 0.594. The third kappa shape index (κ3) is 2.73. The van der Waals surface area contributed by atoms with E-state index in [2.05, 4.69) is 24.3 Å². The first-order chi connectivity index (χ1) is 9.66. The van der Waals surface area contributed by atoms with E-state index in [1.54, 1.807) is 0 Å². The van der Waals surface area contributed by atoms with Gasteiger partial charge in [-0.2, -0.15) is 5.10 Å². The van der Waals surface area contributed by atoms with Crippen LogP contribution >= 0.6 is 0 Å². The minimum atomic E-state index is 0.0880. The molecule has 5 heteroatoms. The molecule has 1 amide bonds. The molecule has 1 aliphatic carbocycles. The van der Waals surface area contributed by atoms with Gasteiger partial charge in [-0.1, -0.05) is 0 Å². The van der Waals surface area contributed by atoms with Crippen LogP contribution in [0.2, 0.25) is 0 Å². The van der Waals surface area contributed by atoms with E-state index in [0.29, 0.717) is 17.8 Å². The summed E-state index contributed by atoms with van der Waals surface area (Å²) in [7, 11) is 0. The summed E-state index contributed by atoms with van der Waals surface area (Å²) in [6.07, 6.45) is 6.54. The fourth-order valence-electron chi connectivity index (χ4n) is 3.02. The van der Waals surface area contributed by atoms with E-state index < -0.39 is 0 Å². The van der Waals surface area contributed by atoms with Gasteiger partial charge in [0.1, 0.15) is 5.69 Å². The van der Waals surface area contributed by atoms with Crippen LogP contribution in [0.1, 0.15) is 56.1 Å². The summed E-state index contributed by atoms with van der Waals surface area (Å²) in [5.74, 6) is 0.0880. The third-order valence-electron chi connectivity index (χ3n) is 4.20. The summed E-state index contributed by atoms with van der Waals surface area (Å²) >= 11 is 0. The zero-order valence-corrected chi connectivity index (χ0v) is 12.4. The van der Waals surface area contributed by atoms with Crippen molar-refractivity contribution in [1.82, 2.24) is 20.0 Å². The van der Waals surface area contributed by atoms with Gasteiger partial charge in [0.15, 0.2) is 0 Å². The maximum absolute atomic E-state index is 12.6.